The van der Waals surface area contributed by atoms with Gasteiger partial charge in [-0.05, 0) is 43.2 Å². The van der Waals surface area contributed by atoms with Crippen molar-refractivity contribution in [2.45, 2.75) is 38.3 Å². The van der Waals surface area contributed by atoms with Crippen LogP contribution in [0.2, 0.25) is 0 Å². The number of aromatic amines is 1. The first-order valence-electron chi connectivity index (χ1n) is 10.9. The predicted molar refractivity (Wildman–Crippen MR) is 110 cm³/mol. The Morgan fingerprint density at radius 3 is 2.71 bits per heavy atom. The first-order valence-corrected chi connectivity index (χ1v) is 10.9. The Bertz CT molecular complexity index is 743. The number of aromatic nitrogens is 2. The fourth-order valence-electron chi connectivity index (χ4n) is 5.79. The molecular formula is C23H32N4O. The topological polar surface area (TPSA) is 44.4 Å². The number of H-pyrrole nitrogens is 1. The second-order valence-electron chi connectivity index (χ2n) is 9.07. The predicted octanol–water partition coefficient (Wildman–Crippen LogP) is 2.96. The second-order valence-corrected chi connectivity index (χ2v) is 9.07. The fraction of sp³-hybridized carbons (Fsp3) is 0.609. The number of likely N-dealkylation sites (tertiary alicyclic amines) is 2. The van der Waals surface area contributed by atoms with E-state index in [1.54, 1.807) is 0 Å². The molecule has 0 aliphatic carbocycles. The zero-order valence-corrected chi connectivity index (χ0v) is 16.7. The summed E-state index contributed by atoms with van der Waals surface area (Å²) in [5, 5.41) is 7.28. The summed E-state index contributed by atoms with van der Waals surface area (Å²) in [5.41, 5.74) is 3.14. The summed E-state index contributed by atoms with van der Waals surface area (Å²) in [5.74, 6) is 0.780. The molecule has 3 aliphatic rings. The Hall–Kier alpha value is -1.69. The molecule has 0 spiro atoms. The van der Waals surface area contributed by atoms with E-state index in [0.717, 1.165) is 31.7 Å². The average molecular weight is 381 g/mol. The minimum absolute atomic E-state index is 0.425. The van der Waals surface area contributed by atoms with E-state index in [1.807, 2.05) is 6.20 Å². The number of rotatable bonds is 6. The van der Waals surface area contributed by atoms with Gasteiger partial charge in [0, 0.05) is 69.3 Å². The van der Waals surface area contributed by atoms with Crippen LogP contribution in [0.25, 0.3) is 0 Å². The highest BCUT2D eigenvalue weighted by molar-refractivity contribution is 5.16. The lowest BCUT2D eigenvalue weighted by atomic mass is 9.76. The Kier molecular flexibility index (Phi) is 5.22. The van der Waals surface area contributed by atoms with Crippen LogP contribution in [0.3, 0.4) is 0 Å². The maximum absolute atomic E-state index is 5.62. The van der Waals surface area contributed by atoms with Crippen LogP contribution in [0.15, 0.2) is 42.6 Å². The van der Waals surface area contributed by atoms with Crippen LogP contribution in [-0.2, 0) is 17.7 Å². The van der Waals surface area contributed by atoms with Gasteiger partial charge in [0.05, 0.1) is 0 Å². The SMILES string of the molecule is c1ccc(CCC23CN(Cc4ccn[nH]4)CC2CN(C2CCOCC2)C3)cc1. The van der Waals surface area contributed by atoms with E-state index in [9.17, 15) is 0 Å². The van der Waals surface area contributed by atoms with Gasteiger partial charge in [0.1, 0.15) is 0 Å². The fourth-order valence-corrected chi connectivity index (χ4v) is 5.79. The normalized spacial score (nSPS) is 29.4. The molecule has 5 rings (SSSR count). The molecule has 3 fully saturated rings. The van der Waals surface area contributed by atoms with Crippen molar-refractivity contribution in [2.24, 2.45) is 11.3 Å². The van der Waals surface area contributed by atoms with E-state index in [0.29, 0.717) is 5.41 Å². The number of fused-ring (bicyclic) bond motifs is 1. The zero-order valence-electron chi connectivity index (χ0n) is 16.7. The summed E-state index contributed by atoms with van der Waals surface area (Å²) in [4.78, 5) is 5.47. The molecule has 3 saturated heterocycles. The van der Waals surface area contributed by atoms with Crippen molar-refractivity contribution in [2.75, 3.05) is 39.4 Å². The van der Waals surface area contributed by atoms with E-state index in [1.165, 1.54) is 63.1 Å². The molecule has 3 aliphatic heterocycles. The highest BCUT2D eigenvalue weighted by Gasteiger charge is 2.52. The van der Waals surface area contributed by atoms with Crippen molar-refractivity contribution >= 4 is 0 Å². The highest BCUT2D eigenvalue weighted by atomic mass is 16.5. The number of hydrogen-bond donors (Lipinski definition) is 1. The molecule has 2 unspecified atom stereocenters. The summed E-state index contributed by atoms with van der Waals surface area (Å²) >= 11 is 0. The van der Waals surface area contributed by atoms with Crippen LogP contribution in [0, 0.1) is 11.3 Å². The van der Waals surface area contributed by atoms with Crippen molar-refractivity contribution in [3.63, 3.8) is 0 Å². The first kappa shape index (κ1) is 18.3. The Morgan fingerprint density at radius 2 is 1.93 bits per heavy atom. The van der Waals surface area contributed by atoms with E-state index in [4.69, 9.17) is 4.74 Å². The summed E-state index contributed by atoms with van der Waals surface area (Å²) in [6.07, 6.45) is 6.76. The average Bonchev–Trinajstić information content (AvgIpc) is 3.43. The summed E-state index contributed by atoms with van der Waals surface area (Å²) in [6, 6.07) is 13.9. The number of nitrogens with one attached hydrogen (secondary N) is 1. The minimum atomic E-state index is 0.425. The standard InChI is InChI=1S/C23H32N4O/c1-2-4-19(5-3-1)6-10-23-17-26(16-21-7-11-24-25-21)14-20(23)15-27(18-23)22-8-12-28-13-9-22/h1-5,7,11,20,22H,6,8-10,12-18H2,(H,24,25). The van der Waals surface area contributed by atoms with Gasteiger partial charge in [0.2, 0.25) is 0 Å². The van der Waals surface area contributed by atoms with Crippen LogP contribution in [-0.4, -0.2) is 65.4 Å². The smallest absolute Gasteiger partial charge is 0.0492 e. The third kappa shape index (κ3) is 3.76. The number of hydrogen-bond acceptors (Lipinski definition) is 4. The van der Waals surface area contributed by atoms with Crippen molar-refractivity contribution in [3.8, 4) is 0 Å². The van der Waals surface area contributed by atoms with Crippen LogP contribution >= 0.6 is 0 Å². The van der Waals surface area contributed by atoms with Crippen molar-refractivity contribution in [1.82, 2.24) is 20.0 Å². The lowest BCUT2D eigenvalue weighted by Gasteiger charge is -2.34. The van der Waals surface area contributed by atoms with Gasteiger partial charge in [-0.1, -0.05) is 30.3 Å². The molecule has 1 aromatic heterocycles. The molecule has 2 atom stereocenters. The number of nitrogens with zero attached hydrogens (tertiary/aromatic N) is 3. The van der Waals surface area contributed by atoms with Gasteiger partial charge in [-0.2, -0.15) is 5.10 Å². The van der Waals surface area contributed by atoms with Crippen LogP contribution in [0.1, 0.15) is 30.5 Å². The van der Waals surface area contributed by atoms with Gasteiger partial charge in [-0.25, -0.2) is 0 Å². The lowest BCUT2D eigenvalue weighted by Crippen LogP contribution is -2.41. The molecule has 28 heavy (non-hydrogen) atoms. The molecule has 4 heterocycles. The molecule has 0 bridgehead atoms. The maximum atomic E-state index is 5.62. The second kappa shape index (κ2) is 7.97. The molecule has 5 nitrogen and oxygen atoms in total. The third-order valence-electron chi connectivity index (χ3n) is 7.27. The van der Waals surface area contributed by atoms with E-state index >= 15 is 0 Å². The number of aryl methyl sites for hydroxylation is 1. The van der Waals surface area contributed by atoms with Crippen molar-refractivity contribution < 1.29 is 4.74 Å². The van der Waals surface area contributed by atoms with Gasteiger partial charge in [0.25, 0.3) is 0 Å². The number of ether oxygens (including phenoxy) is 1. The Labute approximate surface area is 168 Å². The van der Waals surface area contributed by atoms with Crippen LogP contribution in [0.5, 0.6) is 0 Å². The summed E-state index contributed by atoms with van der Waals surface area (Å²) in [7, 11) is 0. The molecular weight excluding hydrogens is 348 g/mol. The van der Waals surface area contributed by atoms with Gasteiger partial charge < -0.3 is 4.74 Å². The first-order chi connectivity index (χ1) is 13.8. The lowest BCUT2D eigenvalue weighted by molar-refractivity contribution is 0.0352. The Morgan fingerprint density at radius 1 is 1.07 bits per heavy atom. The summed E-state index contributed by atoms with van der Waals surface area (Å²) < 4.78 is 5.62. The van der Waals surface area contributed by atoms with Crippen LogP contribution < -0.4 is 0 Å². The van der Waals surface area contributed by atoms with Crippen molar-refractivity contribution in [3.05, 3.63) is 53.9 Å². The van der Waals surface area contributed by atoms with Gasteiger partial charge >= 0.3 is 0 Å². The van der Waals surface area contributed by atoms with Gasteiger partial charge in [-0.15, -0.1) is 0 Å². The van der Waals surface area contributed by atoms with Gasteiger partial charge in [-0.3, -0.25) is 14.9 Å². The summed E-state index contributed by atoms with van der Waals surface area (Å²) in [6.45, 7) is 7.83. The molecule has 2 aromatic rings. The minimum Gasteiger partial charge on any atom is -0.381 e. The Balaban J connectivity index is 1.30. The van der Waals surface area contributed by atoms with Crippen LogP contribution in [0.4, 0.5) is 0 Å². The molecule has 1 N–H and O–H groups in total. The molecule has 0 saturated carbocycles. The highest BCUT2D eigenvalue weighted by Crippen LogP contribution is 2.47. The number of benzene rings is 1. The molecule has 5 heteroatoms. The maximum Gasteiger partial charge on any atom is 0.0492 e. The molecule has 150 valence electrons. The quantitative estimate of drug-likeness (QED) is 0.837. The molecule has 1 aromatic carbocycles. The van der Waals surface area contributed by atoms with Gasteiger partial charge in [0.15, 0.2) is 0 Å². The monoisotopic (exact) mass is 380 g/mol. The largest absolute Gasteiger partial charge is 0.381 e. The van der Waals surface area contributed by atoms with E-state index in [2.05, 4.69) is 56.4 Å². The third-order valence-corrected chi connectivity index (χ3v) is 7.27. The zero-order chi connectivity index (χ0) is 18.8. The molecule has 0 radical (unpaired) electrons. The molecule has 0 amide bonds. The van der Waals surface area contributed by atoms with E-state index in [-0.39, 0.29) is 0 Å². The van der Waals surface area contributed by atoms with E-state index < -0.39 is 0 Å². The van der Waals surface area contributed by atoms with Crippen molar-refractivity contribution in [1.29, 1.82) is 0 Å².